The second-order valence-corrected chi connectivity index (χ2v) is 7.42. The van der Waals surface area contributed by atoms with Crippen molar-refractivity contribution in [3.8, 4) is 11.8 Å². The lowest BCUT2D eigenvalue weighted by molar-refractivity contribution is 0.112. The molecule has 0 bridgehead atoms. The molecule has 0 saturated heterocycles. The fourth-order valence-corrected chi connectivity index (χ4v) is 3.63. The van der Waals surface area contributed by atoms with Crippen molar-refractivity contribution in [2.75, 3.05) is 0 Å². The summed E-state index contributed by atoms with van der Waals surface area (Å²) >= 11 is 6.27. The molecule has 0 saturated carbocycles. The average Bonchev–Trinajstić information content (AvgIpc) is 3.36. The molecule has 0 unspecified atom stereocenters. The molecule has 2 aromatic carbocycles. The molecule has 0 N–H and O–H groups in total. The molecule has 0 spiro atoms. The number of aryl methyl sites for hydroxylation is 1. The predicted molar refractivity (Wildman–Crippen MR) is 120 cm³/mol. The Morgan fingerprint density at radius 3 is 2.70 bits per heavy atom. The lowest BCUT2D eigenvalue weighted by Crippen LogP contribution is -1.96. The van der Waals surface area contributed by atoms with E-state index in [1.165, 1.54) is 0 Å². The second-order valence-electron chi connectivity index (χ2n) is 6.99. The molecule has 0 fully saturated rings. The molecule has 4 rings (SSSR count). The number of nitrogens with zero attached hydrogens (tertiary/aromatic N) is 4. The van der Waals surface area contributed by atoms with Gasteiger partial charge in [-0.05, 0) is 30.2 Å². The zero-order valence-electron chi connectivity index (χ0n) is 16.4. The summed E-state index contributed by atoms with van der Waals surface area (Å²) in [7, 11) is 0. The van der Waals surface area contributed by atoms with Crippen molar-refractivity contribution in [3.63, 3.8) is 0 Å². The second kappa shape index (κ2) is 8.40. The van der Waals surface area contributed by atoms with Gasteiger partial charge in [0.25, 0.3) is 0 Å². The van der Waals surface area contributed by atoms with Crippen molar-refractivity contribution in [3.05, 3.63) is 82.8 Å². The van der Waals surface area contributed by atoms with Gasteiger partial charge in [-0.15, -0.1) is 0 Å². The van der Waals surface area contributed by atoms with Crippen LogP contribution < -0.4 is 0 Å². The number of hydrogen-bond acceptors (Lipinski definition) is 3. The molecular formula is C24H19ClN4O. The lowest BCUT2D eigenvalue weighted by Gasteiger charge is -2.01. The van der Waals surface area contributed by atoms with Crippen molar-refractivity contribution < 1.29 is 4.79 Å². The highest BCUT2D eigenvalue weighted by molar-refractivity contribution is 6.31. The van der Waals surface area contributed by atoms with Gasteiger partial charge in [0, 0.05) is 40.5 Å². The first-order valence-electron chi connectivity index (χ1n) is 9.63. The third-order valence-corrected chi connectivity index (χ3v) is 5.16. The Bertz CT molecular complexity index is 1290. The van der Waals surface area contributed by atoms with E-state index in [0.29, 0.717) is 16.2 Å². The molecule has 0 aliphatic carbocycles. The van der Waals surface area contributed by atoms with Crippen LogP contribution in [0.3, 0.4) is 0 Å². The van der Waals surface area contributed by atoms with Crippen molar-refractivity contribution >= 4 is 40.4 Å². The third-order valence-electron chi connectivity index (χ3n) is 4.93. The Morgan fingerprint density at radius 1 is 1.20 bits per heavy atom. The third kappa shape index (κ3) is 3.78. The van der Waals surface area contributed by atoms with Crippen LogP contribution in [-0.4, -0.2) is 20.6 Å². The van der Waals surface area contributed by atoms with E-state index in [9.17, 15) is 10.1 Å². The van der Waals surface area contributed by atoms with Gasteiger partial charge in [0.05, 0.1) is 29.0 Å². The summed E-state index contributed by atoms with van der Waals surface area (Å²) in [5.74, 6) is 0. The monoisotopic (exact) mass is 414 g/mol. The summed E-state index contributed by atoms with van der Waals surface area (Å²) in [5.41, 5.74) is 4.63. The molecule has 0 aliphatic rings. The average molecular weight is 415 g/mol. The molecule has 2 heterocycles. The number of rotatable bonds is 6. The van der Waals surface area contributed by atoms with Crippen molar-refractivity contribution in [2.45, 2.75) is 19.9 Å². The van der Waals surface area contributed by atoms with E-state index in [4.69, 9.17) is 11.6 Å². The first kappa shape index (κ1) is 19.7. The molecule has 148 valence electrons. The van der Waals surface area contributed by atoms with E-state index in [1.54, 1.807) is 24.3 Å². The largest absolute Gasteiger partial charge is 0.313 e. The van der Waals surface area contributed by atoms with E-state index in [0.717, 1.165) is 47.0 Å². The lowest BCUT2D eigenvalue weighted by atomic mass is 10.0. The zero-order chi connectivity index (χ0) is 21.1. The Kier molecular flexibility index (Phi) is 5.51. The van der Waals surface area contributed by atoms with Crippen LogP contribution in [0.15, 0.2) is 61.1 Å². The highest BCUT2D eigenvalue weighted by Gasteiger charge is 2.12. The minimum Gasteiger partial charge on any atom is -0.313 e. The van der Waals surface area contributed by atoms with Gasteiger partial charge in [0.1, 0.15) is 6.29 Å². The first-order valence-corrected chi connectivity index (χ1v) is 10.0. The highest BCUT2D eigenvalue weighted by atomic mass is 35.5. The van der Waals surface area contributed by atoms with E-state index < -0.39 is 0 Å². The topological polar surface area (TPSA) is 63.6 Å². The minimum atomic E-state index is 0.517. The summed E-state index contributed by atoms with van der Waals surface area (Å²) in [5, 5.41) is 15.8. The number of aromatic nitrogens is 3. The number of hydrogen-bond donors (Lipinski definition) is 0. The maximum absolute atomic E-state index is 10.9. The highest BCUT2D eigenvalue weighted by Crippen LogP contribution is 2.30. The Balaban J connectivity index is 1.84. The molecule has 6 heteroatoms. The van der Waals surface area contributed by atoms with Crippen LogP contribution in [0.25, 0.3) is 28.2 Å². The van der Waals surface area contributed by atoms with Crippen LogP contribution in [0.5, 0.6) is 0 Å². The standard InChI is InChI=1S/C24H19ClN4O/c1-2-9-28-15-22(13-27-28)29-14-20(23-8-7-21(25)11-24(23)29)10-19(12-26)18-5-3-17(16-30)4-6-18/h3-8,10-11,13-16H,2,9H2,1H3/b19-10+. The van der Waals surface area contributed by atoms with Crippen LogP contribution in [-0.2, 0) is 6.54 Å². The van der Waals surface area contributed by atoms with Gasteiger partial charge in [-0.1, -0.05) is 48.9 Å². The minimum absolute atomic E-state index is 0.517. The SMILES string of the molecule is CCCn1cc(-n2cc(/C=C(\C#N)c3ccc(C=O)cc3)c3ccc(Cl)cc32)cn1. The van der Waals surface area contributed by atoms with Gasteiger partial charge in [-0.2, -0.15) is 10.4 Å². The fraction of sp³-hybridized carbons (Fsp3) is 0.125. The number of halogens is 1. The molecular weight excluding hydrogens is 396 g/mol. The Morgan fingerprint density at radius 2 is 2.00 bits per heavy atom. The molecule has 0 radical (unpaired) electrons. The number of allylic oxidation sites excluding steroid dienone is 1. The van der Waals surface area contributed by atoms with Crippen LogP contribution in [0, 0.1) is 11.3 Å². The summed E-state index contributed by atoms with van der Waals surface area (Å²) in [6.07, 6.45) is 9.47. The van der Waals surface area contributed by atoms with E-state index in [2.05, 4.69) is 18.1 Å². The Hall–Kier alpha value is -3.62. The normalized spacial score (nSPS) is 11.6. The number of nitriles is 1. The van der Waals surface area contributed by atoms with Crippen molar-refractivity contribution in [1.29, 1.82) is 5.26 Å². The summed E-state index contributed by atoms with van der Waals surface area (Å²) in [4.78, 5) is 10.9. The number of fused-ring (bicyclic) bond motifs is 1. The fourth-order valence-electron chi connectivity index (χ4n) is 3.46. The van der Waals surface area contributed by atoms with Crippen LogP contribution in [0.1, 0.15) is 34.8 Å². The van der Waals surface area contributed by atoms with Crippen molar-refractivity contribution in [1.82, 2.24) is 14.3 Å². The quantitative estimate of drug-likeness (QED) is 0.297. The molecule has 0 amide bonds. The van der Waals surface area contributed by atoms with Gasteiger partial charge in [0.15, 0.2) is 0 Å². The van der Waals surface area contributed by atoms with Gasteiger partial charge in [-0.3, -0.25) is 9.48 Å². The van der Waals surface area contributed by atoms with Crippen molar-refractivity contribution in [2.24, 2.45) is 0 Å². The molecule has 0 aliphatic heterocycles. The summed E-state index contributed by atoms with van der Waals surface area (Å²) in [6.45, 7) is 2.96. The van der Waals surface area contributed by atoms with Gasteiger partial charge < -0.3 is 4.57 Å². The molecule has 0 atom stereocenters. The predicted octanol–water partition coefficient (Wildman–Crippen LogP) is 5.77. The zero-order valence-corrected chi connectivity index (χ0v) is 17.2. The molecule has 2 aromatic heterocycles. The summed E-state index contributed by atoms with van der Waals surface area (Å²) < 4.78 is 3.95. The van der Waals surface area contributed by atoms with Crippen LogP contribution in [0.2, 0.25) is 5.02 Å². The molecule has 30 heavy (non-hydrogen) atoms. The molecule has 4 aromatic rings. The van der Waals surface area contributed by atoms with Gasteiger partial charge >= 0.3 is 0 Å². The van der Waals surface area contributed by atoms with E-state index in [-0.39, 0.29) is 0 Å². The first-order chi connectivity index (χ1) is 14.6. The number of carbonyl (C=O) groups is 1. The smallest absolute Gasteiger partial charge is 0.150 e. The van der Waals surface area contributed by atoms with Crippen LogP contribution in [0.4, 0.5) is 0 Å². The Labute approximate surface area is 179 Å². The molecule has 5 nitrogen and oxygen atoms in total. The number of aldehydes is 1. The van der Waals surface area contributed by atoms with E-state index >= 15 is 0 Å². The van der Waals surface area contributed by atoms with Gasteiger partial charge in [0.2, 0.25) is 0 Å². The number of benzene rings is 2. The summed E-state index contributed by atoms with van der Waals surface area (Å²) in [6, 6.07) is 15.0. The van der Waals surface area contributed by atoms with Crippen LogP contribution >= 0.6 is 11.6 Å². The maximum Gasteiger partial charge on any atom is 0.150 e. The maximum atomic E-state index is 10.9. The number of carbonyl (C=O) groups excluding carboxylic acids is 1. The van der Waals surface area contributed by atoms with Gasteiger partial charge in [-0.25, -0.2) is 0 Å². The van der Waals surface area contributed by atoms with E-state index in [1.807, 2.05) is 52.1 Å².